The van der Waals surface area contributed by atoms with Crippen LogP contribution in [0.4, 0.5) is 18.9 Å². The van der Waals surface area contributed by atoms with Gasteiger partial charge in [0.2, 0.25) is 5.91 Å². The Labute approximate surface area is 171 Å². The van der Waals surface area contributed by atoms with Crippen molar-refractivity contribution >= 4 is 22.9 Å². The number of amides is 1. The molecule has 0 aliphatic rings. The standard InChI is InChI=1S/C22H21F3N2OS/c1-3-14-6-8-15(9-7-14)21(18-5-4-12-29-18)26-13(2)22(28)27-17-11-10-16(23)19(24)20(17)25/h4-13,21,26H,3H2,1-2H3,(H,27,28)/t13-,21-/m0/s1. The van der Waals surface area contributed by atoms with E-state index in [2.05, 4.69) is 17.6 Å². The number of halogens is 3. The molecule has 29 heavy (non-hydrogen) atoms. The molecule has 0 fully saturated rings. The molecule has 1 aromatic heterocycles. The van der Waals surface area contributed by atoms with Crippen LogP contribution in [-0.4, -0.2) is 11.9 Å². The highest BCUT2D eigenvalue weighted by Crippen LogP contribution is 2.27. The largest absolute Gasteiger partial charge is 0.322 e. The molecule has 3 nitrogen and oxygen atoms in total. The van der Waals surface area contributed by atoms with Crippen molar-refractivity contribution in [2.45, 2.75) is 32.4 Å². The van der Waals surface area contributed by atoms with Gasteiger partial charge in [-0.25, -0.2) is 13.2 Å². The van der Waals surface area contributed by atoms with Crippen molar-refractivity contribution in [3.05, 3.63) is 87.4 Å². The zero-order chi connectivity index (χ0) is 21.0. The number of benzene rings is 2. The van der Waals surface area contributed by atoms with Crippen LogP contribution in [0.15, 0.2) is 53.9 Å². The predicted octanol–water partition coefficient (Wildman–Crippen LogP) is 5.43. The Hall–Kier alpha value is -2.64. The van der Waals surface area contributed by atoms with Crippen LogP contribution in [-0.2, 0) is 11.2 Å². The molecule has 2 atom stereocenters. The van der Waals surface area contributed by atoms with E-state index >= 15 is 0 Å². The van der Waals surface area contributed by atoms with Crippen LogP contribution in [0.5, 0.6) is 0 Å². The first-order valence-electron chi connectivity index (χ1n) is 9.23. The fourth-order valence-electron chi connectivity index (χ4n) is 2.93. The normalized spacial score (nSPS) is 13.1. The van der Waals surface area contributed by atoms with Crippen molar-refractivity contribution in [3.63, 3.8) is 0 Å². The second-order valence-corrected chi connectivity index (χ2v) is 7.62. The molecule has 0 unspecified atom stereocenters. The third-order valence-electron chi connectivity index (χ3n) is 4.65. The number of aryl methyl sites for hydroxylation is 1. The summed E-state index contributed by atoms with van der Waals surface area (Å²) in [7, 11) is 0. The summed E-state index contributed by atoms with van der Waals surface area (Å²) in [6, 6.07) is 12.8. The van der Waals surface area contributed by atoms with E-state index in [0.717, 1.165) is 29.0 Å². The fraction of sp³-hybridized carbons (Fsp3) is 0.227. The molecular formula is C22H21F3N2OS. The minimum atomic E-state index is -1.61. The van der Waals surface area contributed by atoms with Crippen molar-refractivity contribution < 1.29 is 18.0 Å². The number of carbonyl (C=O) groups is 1. The summed E-state index contributed by atoms with van der Waals surface area (Å²) in [5.74, 6) is -4.90. The minimum Gasteiger partial charge on any atom is -0.322 e. The SMILES string of the molecule is CCc1ccc([C@H](N[C@@H](C)C(=O)Nc2ccc(F)c(F)c2F)c2cccs2)cc1. The van der Waals surface area contributed by atoms with Gasteiger partial charge in [-0.3, -0.25) is 10.1 Å². The second kappa shape index (κ2) is 9.24. The average molecular weight is 418 g/mol. The molecule has 7 heteroatoms. The fourth-order valence-corrected chi connectivity index (χ4v) is 3.74. The summed E-state index contributed by atoms with van der Waals surface area (Å²) < 4.78 is 40.4. The highest BCUT2D eigenvalue weighted by Gasteiger charge is 2.23. The van der Waals surface area contributed by atoms with Gasteiger partial charge in [-0.1, -0.05) is 37.3 Å². The molecule has 0 saturated carbocycles. The summed E-state index contributed by atoms with van der Waals surface area (Å²) in [6.07, 6.45) is 0.927. The van der Waals surface area contributed by atoms with Gasteiger partial charge in [0, 0.05) is 4.88 Å². The highest BCUT2D eigenvalue weighted by atomic mass is 32.1. The highest BCUT2D eigenvalue weighted by molar-refractivity contribution is 7.10. The van der Waals surface area contributed by atoms with Crippen LogP contribution in [0.3, 0.4) is 0 Å². The lowest BCUT2D eigenvalue weighted by Gasteiger charge is -2.23. The number of anilines is 1. The molecule has 152 valence electrons. The van der Waals surface area contributed by atoms with Gasteiger partial charge in [0.1, 0.15) is 0 Å². The van der Waals surface area contributed by atoms with Gasteiger partial charge in [-0.2, -0.15) is 0 Å². The summed E-state index contributed by atoms with van der Waals surface area (Å²) in [5, 5.41) is 7.52. The molecule has 1 amide bonds. The number of nitrogens with one attached hydrogen (secondary N) is 2. The van der Waals surface area contributed by atoms with Crippen LogP contribution >= 0.6 is 11.3 Å². The average Bonchev–Trinajstić information content (AvgIpc) is 3.27. The lowest BCUT2D eigenvalue weighted by atomic mass is 10.0. The number of rotatable bonds is 7. The Morgan fingerprint density at radius 3 is 2.38 bits per heavy atom. The van der Waals surface area contributed by atoms with Crippen LogP contribution in [0, 0.1) is 17.5 Å². The molecule has 0 aliphatic heterocycles. The van der Waals surface area contributed by atoms with E-state index in [-0.39, 0.29) is 6.04 Å². The van der Waals surface area contributed by atoms with Gasteiger partial charge < -0.3 is 5.32 Å². The summed E-state index contributed by atoms with van der Waals surface area (Å²) in [6.45, 7) is 3.71. The molecule has 2 aromatic carbocycles. The molecule has 0 saturated heterocycles. The van der Waals surface area contributed by atoms with Crippen molar-refractivity contribution in [3.8, 4) is 0 Å². The van der Waals surface area contributed by atoms with Crippen molar-refractivity contribution in [1.82, 2.24) is 5.32 Å². The zero-order valence-electron chi connectivity index (χ0n) is 16.0. The minimum absolute atomic E-state index is 0.239. The summed E-state index contributed by atoms with van der Waals surface area (Å²) >= 11 is 1.55. The predicted molar refractivity (Wildman–Crippen MR) is 110 cm³/mol. The topological polar surface area (TPSA) is 41.1 Å². The third-order valence-corrected chi connectivity index (χ3v) is 5.59. The molecule has 1 heterocycles. The van der Waals surface area contributed by atoms with Gasteiger partial charge in [0.25, 0.3) is 0 Å². The van der Waals surface area contributed by atoms with Crippen molar-refractivity contribution in [2.75, 3.05) is 5.32 Å². The van der Waals surface area contributed by atoms with Gasteiger partial charge in [-0.05, 0) is 48.1 Å². The number of hydrogen-bond acceptors (Lipinski definition) is 3. The molecule has 2 N–H and O–H groups in total. The van der Waals surface area contributed by atoms with Crippen LogP contribution in [0.1, 0.15) is 35.9 Å². The van der Waals surface area contributed by atoms with Gasteiger partial charge in [0.15, 0.2) is 17.5 Å². The number of carbonyl (C=O) groups excluding carboxylic acids is 1. The first kappa shape index (κ1) is 21.1. The lowest BCUT2D eigenvalue weighted by Crippen LogP contribution is -2.40. The third kappa shape index (κ3) is 4.86. The van der Waals surface area contributed by atoms with Crippen molar-refractivity contribution in [2.24, 2.45) is 0 Å². The second-order valence-electron chi connectivity index (χ2n) is 6.64. The molecule has 0 radical (unpaired) electrons. The Morgan fingerprint density at radius 2 is 1.76 bits per heavy atom. The van der Waals surface area contributed by atoms with E-state index < -0.39 is 35.1 Å². The van der Waals surface area contributed by atoms with E-state index in [4.69, 9.17) is 0 Å². The Kier molecular flexibility index (Phi) is 6.71. The molecule has 3 rings (SSSR count). The van der Waals surface area contributed by atoms with E-state index in [1.807, 2.05) is 41.8 Å². The zero-order valence-corrected chi connectivity index (χ0v) is 16.8. The van der Waals surface area contributed by atoms with Gasteiger partial charge in [-0.15, -0.1) is 11.3 Å². The van der Waals surface area contributed by atoms with Crippen LogP contribution < -0.4 is 10.6 Å². The maximum atomic E-state index is 13.9. The van der Waals surface area contributed by atoms with Gasteiger partial charge in [0.05, 0.1) is 17.8 Å². The molecule has 3 aromatic rings. The monoisotopic (exact) mass is 418 g/mol. The first-order valence-corrected chi connectivity index (χ1v) is 10.1. The maximum absolute atomic E-state index is 13.9. The summed E-state index contributed by atoms with van der Waals surface area (Å²) in [4.78, 5) is 13.6. The molecular weight excluding hydrogens is 397 g/mol. The summed E-state index contributed by atoms with van der Waals surface area (Å²) in [5.41, 5.74) is 1.80. The number of hydrogen-bond donors (Lipinski definition) is 2. The molecule has 0 bridgehead atoms. The smallest absolute Gasteiger partial charge is 0.241 e. The van der Waals surface area contributed by atoms with Crippen molar-refractivity contribution in [1.29, 1.82) is 0 Å². The Balaban J connectivity index is 1.78. The Morgan fingerprint density at radius 1 is 1.03 bits per heavy atom. The van der Waals surface area contributed by atoms with Crippen LogP contribution in [0.25, 0.3) is 0 Å². The van der Waals surface area contributed by atoms with E-state index in [1.54, 1.807) is 18.3 Å². The van der Waals surface area contributed by atoms with E-state index in [1.165, 1.54) is 5.56 Å². The Bertz CT molecular complexity index is 974. The quantitative estimate of drug-likeness (QED) is 0.502. The van der Waals surface area contributed by atoms with Crippen LogP contribution in [0.2, 0.25) is 0 Å². The maximum Gasteiger partial charge on any atom is 0.241 e. The molecule has 0 aliphatic carbocycles. The first-order chi connectivity index (χ1) is 13.9. The van der Waals surface area contributed by atoms with E-state index in [9.17, 15) is 18.0 Å². The lowest BCUT2D eigenvalue weighted by molar-refractivity contribution is -0.117. The number of thiophene rings is 1. The van der Waals surface area contributed by atoms with Gasteiger partial charge >= 0.3 is 0 Å². The molecule has 0 spiro atoms. The van der Waals surface area contributed by atoms with E-state index in [0.29, 0.717) is 0 Å².